The Balaban J connectivity index is 1.33. The molecule has 1 aromatic heterocycles. The summed E-state index contributed by atoms with van der Waals surface area (Å²) >= 11 is 0. The largest absolute Gasteiger partial charge is 0.338 e. The molecule has 2 fully saturated rings. The second-order valence-electron chi connectivity index (χ2n) is 7.72. The molecule has 1 saturated carbocycles. The first kappa shape index (κ1) is 15.6. The van der Waals surface area contributed by atoms with Crippen molar-refractivity contribution in [2.24, 2.45) is 0 Å². The van der Waals surface area contributed by atoms with Crippen molar-refractivity contribution >= 4 is 16.9 Å². The van der Waals surface area contributed by atoms with Gasteiger partial charge in [-0.3, -0.25) is 4.79 Å². The second kappa shape index (κ2) is 5.97. The van der Waals surface area contributed by atoms with Gasteiger partial charge in [0.2, 0.25) is 5.91 Å². The highest BCUT2D eigenvalue weighted by molar-refractivity contribution is 5.80. The van der Waals surface area contributed by atoms with E-state index in [1.165, 1.54) is 29.7 Å². The number of hydrogen-bond donors (Lipinski definition) is 0. The van der Waals surface area contributed by atoms with Gasteiger partial charge in [-0.2, -0.15) is 0 Å². The number of benzene rings is 2. The van der Waals surface area contributed by atoms with Gasteiger partial charge in [0.25, 0.3) is 0 Å². The van der Waals surface area contributed by atoms with Crippen LogP contribution in [-0.4, -0.2) is 33.4 Å². The number of rotatable bonds is 4. The van der Waals surface area contributed by atoms with E-state index < -0.39 is 0 Å². The van der Waals surface area contributed by atoms with E-state index in [1.54, 1.807) is 0 Å². The molecule has 5 rings (SSSR count). The molecule has 4 nitrogen and oxygen atoms in total. The Hall–Kier alpha value is -2.62. The summed E-state index contributed by atoms with van der Waals surface area (Å²) in [5.74, 6) is 2.06. The molecule has 0 atom stereocenters. The maximum atomic E-state index is 12.6. The molecule has 0 N–H and O–H groups in total. The molecule has 1 aliphatic heterocycles. The first-order valence-corrected chi connectivity index (χ1v) is 9.49. The van der Waals surface area contributed by atoms with Gasteiger partial charge in [0.1, 0.15) is 5.82 Å². The first-order chi connectivity index (χ1) is 12.7. The number of nitrogens with zero attached hydrogens (tertiary/aromatic N) is 3. The fourth-order valence-electron chi connectivity index (χ4n) is 4.01. The Labute approximate surface area is 153 Å². The number of imidazole rings is 1. The van der Waals surface area contributed by atoms with E-state index in [-0.39, 0.29) is 5.91 Å². The van der Waals surface area contributed by atoms with Crippen molar-refractivity contribution in [1.82, 2.24) is 14.5 Å². The quantitative estimate of drug-likeness (QED) is 0.720. The highest BCUT2D eigenvalue weighted by Crippen LogP contribution is 2.42. The summed E-state index contributed by atoms with van der Waals surface area (Å²) in [6.45, 7) is 3.66. The third-order valence-electron chi connectivity index (χ3n) is 5.58. The van der Waals surface area contributed by atoms with Crippen molar-refractivity contribution in [3.8, 4) is 0 Å². The van der Waals surface area contributed by atoms with Crippen LogP contribution in [0, 0.1) is 6.92 Å². The average molecular weight is 345 g/mol. The summed E-state index contributed by atoms with van der Waals surface area (Å²) in [4.78, 5) is 19.5. The van der Waals surface area contributed by atoms with Crippen LogP contribution in [0.25, 0.3) is 11.0 Å². The maximum Gasteiger partial charge on any atom is 0.227 e. The highest BCUT2D eigenvalue weighted by atomic mass is 16.2. The van der Waals surface area contributed by atoms with E-state index in [1.807, 2.05) is 17.0 Å². The third-order valence-corrected chi connectivity index (χ3v) is 5.58. The molecule has 0 bridgehead atoms. The fraction of sp³-hybridized carbons (Fsp3) is 0.364. The number of fused-ring (bicyclic) bond motifs is 1. The SMILES string of the molecule is Cc1cccc(CC(=O)N2CC(n3c(C4CC4)nc4ccccc43)C2)c1. The van der Waals surface area contributed by atoms with Gasteiger partial charge < -0.3 is 9.47 Å². The van der Waals surface area contributed by atoms with Crippen molar-refractivity contribution in [3.05, 3.63) is 65.5 Å². The molecule has 132 valence electrons. The van der Waals surface area contributed by atoms with Gasteiger partial charge >= 0.3 is 0 Å². The van der Waals surface area contributed by atoms with Crippen molar-refractivity contribution < 1.29 is 4.79 Å². The van der Waals surface area contributed by atoms with Crippen molar-refractivity contribution in [2.45, 2.75) is 38.1 Å². The highest BCUT2D eigenvalue weighted by Gasteiger charge is 2.37. The molecule has 0 spiro atoms. The van der Waals surface area contributed by atoms with E-state index in [0.29, 0.717) is 18.4 Å². The zero-order chi connectivity index (χ0) is 17.7. The van der Waals surface area contributed by atoms with Gasteiger partial charge in [0.15, 0.2) is 0 Å². The number of aromatic nitrogens is 2. The fourth-order valence-corrected chi connectivity index (χ4v) is 4.01. The Morgan fingerprint density at radius 3 is 2.69 bits per heavy atom. The molecule has 0 unspecified atom stereocenters. The molecule has 2 heterocycles. The van der Waals surface area contributed by atoms with E-state index in [0.717, 1.165) is 24.2 Å². The van der Waals surface area contributed by atoms with Gasteiger partial charge in [-0.25, -0.2) is 4.98 Å². The number of hydrogen-bond acceptors (Lipinski definition) is 2. The minimum Gasteiger partial charge on any atom is -0.338 e. The summed E-state index contributed by atoms with van der Waals surface area (Å²) in [6, 6.07) is 17.0. The van der Waals surface area contributed by atoms with E-state index in [9.17, 15) is 4.79 Å². The van der Waals surface area contributed by atoms with Gasteiger partial charge in [0.05, 0.1) is 23.5 Å². The van der Waals surface area contributed by atoms with Crippen LogP contribution in [0.5, 0.6) is 0 Å². The average Bonchev–Trinajstić information content (AvgIpc) is 3.36. The topological polar surface area (TPSA) is 38.1 Å². The van der Waals surface area contributed by atoms with Gasteiger partial charge in [-0.05, 0) is 37.5 Å². The molecule has 0 radical (unpaired) electrons. The Kier molecular flexibility index (Phi) is 3.59. The Bertz CT molecular complexity index is 980. The van der Waals surface area contributed by atoms with Crippen LogP contribution in [0.4, 0.5) is 0 Å². The van der Waals surface area contributed by atoms with E-state index in [4.69, 9.17) is 4.98 Å². The van der Waals surface area contributed by atoms with Crippen LogP contribution in [-0.2, 0) is 11.2 Å². The lowest BCUT2D eigenvalue weighted by Gasteiger charge is -2.41. The Morgan fingerprint density at radius 2 is 1.92 bits per heavy atom. The van der Waals surface area contributed by atoms with Crippen molar-refractivity contribution in [1.29, 1.82) is 0 Å². The summed E-state index contributed by atoms with van der Waals surface area (Å²) in [5.41, 5.74) is 4.60. The van der Waals surface area contributed by atoms with Crippen LogP contribution in [0.2, 0.25) is 0 Å². The lowest BCUT2D eigenvalue weighted by Crippen LogP contribution is -2.51. The molecule has 4 heteroatoms. The summed E-state index contributed by atoms with van der Waals surface area (Å²) in [5, 5.41) is 0. The summed E-state index contributed by atoms with van der Waals surface area (Å²) in [6.07, 6.45) is 2.98. The number of carbonyl (C=O) groups is 1. The van der Waals surface area contributed by atoms with Gasteiger partial charge in [-0.15, -0.1) is 0 Å². The molecular weight excluding hydrogens is 322 g/mol. The third kappa shape index (κ3) is 2.70. The predicted molar refractivity (Wildman–Crippen MR) is 102 cm³/mol. The van der Waals surface area contributed by atoms with Crippen LogP contribution in [0.1, 0.15) is 41.8 Å². The standard InChI is InChI=1S/C22H23N3O/c1-15-5-4-6-16(11-15)12-21(26)24-13-18(14-24)25-20-8-3-2-7-19(20)23-22(25)17-9-10-17/h2-8,11,17-18H,9-10,12-14H2,1H3. The van der Waals surface area contributed by atoms with Gasteiger partial charge in [-0.1, -0.05) is 42.0 Å². The molecule has 1 aliphatic carbocycles. The molecular formula is C22H23N3O. The molecule has 1 saturated heterocycles. The lowest BCUT2D eigenvalue weighted by molar-refractivity contribution is -0.136. The van der Waals surface area contributed by atoms with Gasteiger partial charge in [0, 0.05) is 19.0 Å². The van der Waals surface area contributed by atoms with Crippen LogP contribution >= 0.6 is 0 Å². The molecule has 2 aliphatic rings. The zero-order valence-electron chi connectivity index (χ0n) is 15.1. The van der Waals surface area contributed by atoms with Crippen LogP contribution in [0.15, 0.2) is 48.5 Å². The first-order valence-electron chi connectivity index (χ1n) is 9.49. The molecule has 26 heavy (non-hydrogen) atoms. The van der Waals surface area contributed by atoms with Crippen molar-refractivity contribution in [2.75, 3.05) is 13.1 Å². The van der Waals surface area contributed by atoms with Crippen LogP contribution in [0.3, 0.4) is 0 Å². The van der Waals surface area contributed by atoms with E-state index in [2.05, 4.69) is 47.9 Å². The smallest absolute Gasteiger partial charge is 0.227 e. The number of amides is 1. The lowest BCUT2D eigenvalue weighted by atomic mass is 10.0. The summed E-state index contributed by atoms with van der Waals surface area (Å²) < 4.78 is 2.41. The van der Waals surface area contributed by atoms with Crippen molar-refractivity contribution in [3.63, 3.8) is 0 Å². The minimum absolute atomic E-state index is 0.226. The minimum atomic E-state index is 0.226. The number of para-hydroxylation sites is 2. The second-order valence-corrected chi connectivity index (χ2v) is 7.72. The maximum absolute atomic E-state index is 12.6. The monoisotopic (exact) mass is 345 g/mol. The molecule has 3 aromatic rings. The van der Waals surface area contributed by atoms with Crippen LogP contribution < -0.4 is 0 Å². The molecule has 2 aromatic carbocycles. The van der Waals surface area contributed by atoms with E-state index >= 15 is 0 Å². The zero-order valence-corrected chi connectivity index (χ0v) is 15.1. The number of likely N-dealkylation sites (tertiary alicyclic amines) is 1. The normalized spacial score (nSPS) is 17.5. The Morgan fingerprint density at radius 1 is 1.12 bits per heavy atom. The predicted octanol–water partition coefficient (Wildman–Crippen LogP) is 3.85. The number of carbonyl (C=O) groups excluding carboxylic acids is 1. The molecule has 1 amide bonds. The number of aryl methyl sites for hydroxylation is 1. The summed E-state index contributed by atoms with van der Waals surface area (Å²) in [7, 11) is 0.